The Morgan fingerprint density at radius 1 is 1.00 bits per heavy atom. The first kappa shape index (κ1) is 12.9. The van der Waals surface area contributed by atoms with Crippen LogP contribution in [0, 0.1) is 0 Å². The average Bonchev–Trinajstić information content (AvgIpc) is 2.92. The first-order valence-corrected chi connectivity index (χ1v) is 6.52. The predicted molar refractivity (Wildman–Crippen MR) is 79.4 cm³/mol. The zero-order valence-corrected chi connectivity index (χ0v) is 11.7. The van der Waals surface area contributed by atoms with Crippen LogP contribution in [0.15, 0.2) is 42.7 Å². The van der Waals surface area contributed by atoms with E-state index >= 15 is 0 Å². The number of nitrogens with zero attached hydrogens (tertiary/aromatic N) is 3. The molecular weight excluding hydrogens is 297 g/mol. The van der Waals surface area contributed by atoms with E-state index in [0.29, 0.717) is 11.0 Å². The highest BCUT2D eigenvalue weighted by Crippen LogP contribution is 2.23. The predicted octanol–water partition coefficient (Wildman–Crippen LogP) is 3.92. The Morgan fingerprint density at radius 3 is 2.45 bits per heavy atom. The summed E-state index contributed by atoms with van der Waals surface area (Å²) in [5, 5.41) is 10.2. The summed E-state index contributed by atoms with van der Waals surface area (Å²) in [4.78, 5) is 7.84. The zero-order valence-electron chi connectivity index (χ0n) is 10.1. The lowest BCUT2D eigenvalue weighted by atomic mass is 10.1. The highest BCUT2D eigenvalue weighted by atomic mass is 35.5. The maximum absolute atomic E-state index is 5.82. The Labute approximate surface area is 125 Å². The molecule has 0 fully saturated rings. The fraction of sp³-hybridized carbons (Fsp3) is 0. The summed E-state index contributed by atoms with van der Waals surface area (Å²) in [7, 11) is 0. The molecule has 0 aliphatic heterocycles. The molecule has 0 spiro atoms. The molecule has 0 unspecified atom stereocenters. The summed E-state index contributed by atoms with van der Waals surface area (Å²) in [6.45, 7) is 0. The lowest BCUT2D eigenvalue weighted by Gasteiger charge is -2.06. The summed E-state index contributed by atoms with van der Waals surface area (Å²) in [6, 6.07) is 9.45. The van der Waals surface area contributed by atoms with Crippen molar-refractivity contribution in [3.05, 3.63) is 53.2 Å². The van der Waals surface area contributed by atoms with Crippen LogP contribution in [0.1, 0.15) is 0 Å². The molecule has 0 atom stereocenters. The number of hydrogen-bond acceptors (Lipinski definition) is 4. The molecule has 0 aliphatic rings. The zero-order chi connectivity index (χ0) is 13.9. The number of nitrogens with one attached hydrogen (secondary N) is 2. The summed E-state index contributed by atoms with van der Waals surface area (Å²) in [5.41, 5.74) is 2.98. The van der Waals surface area contributed by atoms with Crippen molar-refractivity contribution in [3.8, 4) is 11.1 Å². The van der Waals surface area contributed by atoms with Crippen LogP contribution < -0.4 is 5.32 Å². The molecule has 0 amide bonds. The highest BCUT2D eigenvalue weighted by Gasteiger charge is 2.03. The van der Waals surface area contributed by atoms with E-state index in [1.54, 1.807) is 12.3 Å². The van der Waals surface area contributed by atoms with Crippen molar-refractivity contribution >= 4 is 34.7 Å². The molecule has 2 N–H and O–H groups in total. The van der Waals surface area contributed by atoms with Crippen molar-refractivity contribution < 1.29 is 0 Å². The van der Waals surface area contributed by atoms with Crippen molar-refractivity contribution in [1.29, 1.82) is 0 Å². The van der Waals surface area contributed by atoms with Crippen LogP contribution in [0.5, 0.6) is 0 Å². The lowest BCUT2D eigenvalue weighted by molar-refractivity contribution is 1.09. The molecule has 1 aromatic carbocycles. The Kier molecular flexibility index (Phi) is 3.54. The summed E-state index contributed by atoms with van der Waals surface area (Å²) in [5.74, 6) is 0.547. The molecule has 7 heteroatoms. The second-order valence-electron chi connectivity index (χ2n) is 4.03. The SMILES string of the molecule is Clc1cc(Nc2ccc(-c3cn[nH]c3)cc2)nc(Cl)n1. The van der Waals surface area contributed by atoms with Gasteiger partial charge in [-0.3, -0.25) is 5.10 Å². The minimum Gasteiger partial charge on any atom is -0.340 e. The van der Waals surface area contributed by atoms with Gasteiger partial charge in [0.1, 0.15) is 11.0 Å². The van der Waals surface area contributed by atoms with E-state index in [9.17, 15) is 0 Å². The van der Waals surface area contributed by atoms with Crippen molar-refractivity contribution in [3.63, 3.8) is 0 Å². The fourth-order valence-corrected chi connectivity index (χ4v) is 2.17. The van der Waals surface area contributed by atoms with Gasteiger partial charge in [0.2, 0.25) is 5.28 Å². The summed E-state index contributed by atoms with van der Waals surface area (Å²) >= 11 is 11.6. The first-order valence-electron chi connectivity index (χ1n) is 5.77. The van der Waals surface area contributed by atoms with E-state index in [4.69, 9.17) is 23.2 Å². The molecule has 0 saturated heterocycles. The van der Waals surface area contributed by atoms with Gasteiger partial charge in [-0.15, -0.1) is 0 Å². The molecule has 100 valence electrons. The average molecular weight is 306 g/mol. The van der Waals surface area contributed by atoms with E-state index in [0.717, 1.165) is 16.8 Å². The quantitative estimate of drug-likeness (QED) is 0.568. The molecule has 3 rings (SSSR count). The number of rotatable bonds is 3. The highest BCUT2D eigenvalue weighted by molar-refractivity contribution is 6.32. The van der Waals surface area contributed by atoms with Crippen LogP contribution in [0.2, 0.25) is 10.4 Å². The Bertz CT molecular complexity index is 690. The Balaban J connectivity index is 1.81. The van der Waals surface area contributed by atoms with Crippen LogP contribution in [-0.2, 0) is 0 Å². The van der Waals surface area contributed by atoms with Gasteiger partial charge in [-0.25, -0.2) is 9.97 Å². The van der Waals surface area contributed by atoms with Crippen LogP contribution >= 0.6 is 23.2 Å². The van der Waals surface area contributed by atoms with Crippen molar-refractivity contribution in [2.24, 2.45) is 0 Å². The topological polar surface area (TPSA) is 66.5 Å². The molecule has 5 nitrogen and oxygen atoms in total. The maximum atomic E-state index is 5.82. The van der Waals surface area contributed by atoms with Gasteiger partial charge in [0.15, 0.2) is 0 Å². The normalized spacial score (nSPS) is 10.5. The molecule has 2 aromatic heterocycles. The summed E-state index contributed by atoms with van der Waals surface area (Å²) in [6.07, 6.45) is 3.61. The second-order valence-corrected chi connectivity index (χ2v) is 4.76. The third-order valence-electron chi connectivity index (χ3n) is 2.66. The number of halogens is 2. The van der Waals surface area contributed by atoms with E-state index in [-0.39, 0.29) is 5.28 Å². The van der Waals surface area contributed by atoms with E-state index in [1.807, 2.05) is 30.5 Å². The first-order chi connectivity index (χ1) is 9.70. The van der Waals surface area contributed by atoms with Gasteiger partial charge >= 0.3 is 0 Å². The van der Waals surface area contributed by atoms with Gasteiger partial charge in [0.25, 0.3) is 0 Å². The van der Waals surface area contributed by atoms with Gasteiger partial charge < -0.3 is 5.32 Å². The van der Waals surface area contributed by atoms with Gasteiger partial charge in [0.05, 0.1) is 6.20 Å². The summed E-state index contributed by atoms with van der Waals surface area (Å²) < 4.78 is 0. The second kappa shape index (κ2) is 5.48. The van der Waals surface area contributed by atoms with Crippen molar-refractivity contribution in [2.75, 3.05) is 5.32 Å². The number of aromatic amines is 1. The number of hydrogen-bond donors (Lipinski definition) is 2. The maximum Gasteiger partial charge on any atom is 0.225 e. The van der Waals surface area contributed by atoms with Crippen LogP contribution in [0.25, 0.3) is 11.1 Å². The van der Waals surface area contributed by atoms with Gasteiger partial charge in [0, 0.05) is 23.5 Å². The Hall–Kier alpha value is -2.11. The third kappa shape index (κ3) is 2.89. The van der Waals surface area contributed by atoms with Crippen LogP contribution in [0.4, 0.5) is 11.5 Å². The number of H-pyrrole nitrogens is 1. The minimum absolute atomic E-state index is 0.106. The minimum atomic E-state index is 0.106. The fourth-order valence-electron chi connectivity index (χ4n) is 1.76. The smallest absolute Gasteiger partial charge is 0.225 e. The largest absolute Gasteiger partial charge is 0.340 e. The molecule has 3 aromatic rings. The third-order valence-corrected chi connectivity index (χ3v) is 3.02. The molecule has 0 saturated carbocycles. The van der Waals surface area contributed by atoms with E-state index in [1.165, 1.54) is 0 Å². The van der Waals surface area contributed by atoms with Crippen molar-refractivity contribution in [1.82, 2.24) is 20.2 Å². The molecule has 0 aliphatic carbocycles. The van der Waals surface area contributed by atoms with Gasteiger partial charge in [-0.05, 0) is 29.3 Å². The van der Waals surface area contributed by atoms with E-state index < -0.39 is 0 Å². The number of benzene rings is 1. The van der Waals surface area contributed by atoms with E-state index in [2.05, 4.69) is 25.5 Å². The van der Waals surface area contributed by atoms with Gasteiger partial charge in [-0.1, -0.05) is 23.7 Å². The molecule has 2 heterocycles. The standard InChI is InChI=1S/C13H9Cl2N5/c14-11-5-12(20-13(15)19-11)18-10-3-1-8(2-4-10)9-6-16-17-7-9/h1-7H,(H,16,17)(H,18,19,20). The monoisotopic (exact) mass is 305 g/mol. The molecule has 0 bridgehead atoms. The molecular formula is C13H9Cl2N5. The van der Waals surface area contributed by atoms with Gasteiger partial charge in [-0.2, -0.15) is 5.10 Å². The lowest BCUT2D eigenvalue weighted by Crippen LogP contribution is -1.95. The molecule has 20 heavy (non-hydrogen) atoms. The Morgan fingerprint density at radius 2 is 1.80 bits per heavy atom. The number of anilines is 2. The molecule has 0 radical (unpaired) electrons. The van der Waals surface area contributed by atoms with Crippen LogP contribution in [0.3, 0.4) is 0 Å². The number of aromatic nitrogens is 4. The van der Waals surface area contributed by atoms with Crippen molar-refractivity contribution in [2.45, 2.75) is 0 Å². The van der Waals surface area contributed by atoms with Crippen LogP contribution in [-0.4, -0.2) is 20.2 Å².